The van der Waals surface area contributed by atoms with Gasteiger partial charge in [-0.25, -0.2) is 0 Å². The topological polar surface area (TPSA) is 3.88 Å². The van der Waals surface area contributed by atoms with E-state index in [0.717, 1.165) is 6.42 Å². The Bertz CT molecular complexity index is 266. The maximum atomic E-state index is 3.78. The van der Waals surface area contributed by atoms with Crippen molar-refractivity contribution in [3.8, 4) is 0 Å². The number of hydrogen-bond donors (Lipinski definition) is 0. The van der Waals surface area contributed by atoms with Gasteiger partial charge >= 0.3 is 0 Å². The van der Waals surface area contributed by atoms with Gasteiger partial charge in [-0.05, 0) is 13.0 Å². The fourth-order valence-corrected chi connectivity index (χ4v) is 1.44. The minimum Gasteiger partial charge on any atom is -0.172 e. The summed E-state index contributed by atoms with van der Waals surface area (Å²) in [6.07, 6.45) is 8.93. The quantitative estimate of drug-likeness (QED) is 0.480. The summed E-state index contributed by atoms with van der Waals surface area (Å²) in [5.74, 6) is 0. The number of nitrogens with zero attached hydrogens (tertiary/aromatic N) is 1. The normalized spacial score (nSPS) is 9.92. The van der Waals surface area contributed by atoms with Crippen LogP contribution in [0.25, 0.3) is 6.20 Å². The average Bonchev–Trinajstić information content (AvgIpc) is 2.19. The molecule has 0 spiro atoms. The molecule has 0 aliphatic heterocycles. The third kappa shape index (κ3) is 3.02. The summed E-state index contributed by atoms with van der Waals surface area (Å²) in [7, 11) is 0. The van der Waals surface area contributed by atoms with Crippen LogP contribution in [0, 0.1) is 0 Å². The van der Waals surface area contributed by atoms with Crippen molar-refractivity contribution in [2.45, 2.75) is 32.6 Å². The van der Waals surface area contributed by atoms with Gasteiger partial charge in [0, 0.05) is 18.6 Å². The first-order valence-corrected chi connectivity index (χ1v) is 5.00. The Kier molecular flexibility index (Phi) is 4.24. The lowest BCUT2D eigenvalue weighted by molar-refractivity contribution is -0.577. The summed E-state index contributed by atoms with van der Waals surface area (Å²) >= 11 is 0. The van der Waals surface area contributed by atoms with E-state index in [1.807, 2.05) is 18.5 Å². The molecule has 0 saturated carbocycles. The average molecular weight is 176 g/mol. The lowest BCUT2D eigenvalue weighted by Gasteiger charge is -1.98. The van der Waals surface area contributed by atoms with E-state index >= 15 is 0 Å². The highest BCUT2D eigenvalue weighted by Gasteiger charge is 2.04. The highest BCUT2D eigenvalue weighted by molar-refractivity contribution is 5.04. The summed E-state index contributed by atoms with van der Waals surface area (Å²) in [6.45, 7) is 6.01. The fraction of sp³-hybridized carbons (Fsp3) is 0.417. The number of aryl methyl sites for hydroxylation is 1. The fourth-order valence-electron chi connectivity index (χ4n) is 1.44. The Labute approximate surface area is 80.7 Å². The van der Waals surface area contributed by atoms with Crippen molar-refractivity contribution in [2.75, 3.05) is 0 Å². The smallest absolute Gasteiger partial charge is 0.172 e. The van der Waals surface area contributed by atoms with E-state index in [0.29, 0.717) is 0 Å². The molecule has 1 rings (SSSR count). The number of unbranched alkanes of at least 4 members (excludes halogenated alkanes) is 2. The highest BCUT2D eigenvalue weighted by Crippen LogP contribution is 2.01. The van der Waals surface area contributed by atoms with E-state index in [1.54, 1.807) is 0 Å². The molecule has 0 aliphatic carbocycles. The molecule has 0 atom stereocenters. The Morgan fingerprint density at radius 3 is 2.92 bits per heavy atom. The van der Waals surface area contributed by atoms with Crippen molar-refractivity contribution < 1.29 is 4.57 Å². The molecule has 0 unspecified atom stereocenters. The zero-order valence-electron chi connectivity index (χ0n) is 8.37. The summed E-state index contributed by atoms with van der Waals surface area (Å²) in [4.78, 5) is 0. The standard InChI is InChI=1S/C12H18N/c1-3-5-6-9-12-10-7-8-11-13(12)4-2/h4,7-8,10-11H,2-3,5-6,9H2,1H3/q+1. The summed E-state index contributed by atoms with van der Waals surface area (Å²) in [5, 5.41) is 0. The number of hydrogen-bond acceptors (Lipinski definition) is 0. The van der Waals surface area contributed by atoms with Gasteiger partial charge in [0.2, 0.25) is 0 Å². The van der Waals surface area contributed by atoms with Crippen molar-refractivity contribution in [3.05, 3.63) is 36.7 Å². The van der Waals surface area contributed by atoms with Gasteiger partial charge in [-0.15, -0.1) is 0 Å². The van der Waals surface area contributed by atoms with Crippen molar-refractivity contribution in [2.24, 2.45) is 0 Å². The largest absolute Gasteiger partial charge is 0.186 e. The van der Waals surface area contributed by atoms with Gasteiger partial charge in [0.1, 0.15) is 0 Å². The number of aromatic nitrogens is 1. The molecular weight excluding hydrogens is 158 g/mol. The van der Waals surface area contributed by atoms with Crippen molar-refractivity contribution in [3.63, 3.8) is 0 Å². The van der Waals surface area contributed by atoms with Crippen LogP contribution in [0.15, 0.2) is 31.0 Å². The maximum Gasteiger partial charge on any atom is 0.186 e. The van der Waals surface area contributed by atoms with E-state index in [1.165, 1.54) is 25.0 Å². The third-order valence-electron chi connectivity index (χ3n) is 2.21. The van der Waals surface area contributed by atoms with Crippen LogP contribution in [0.1, 0.15) is 31.9 Å². The number of pyridine rings is 1. The van der Waals surface area contributed by atoms with Crippen molar-refractivity contribution in [1.82, 2.24) is 0 Å². The first-order chi connectivity index (χ1) is 6.38. The summed E-state index contributed by atoms with van der Waals surface area (Å²) < 4.78 is 2.09. The lowest BCUT2D eigenvalue weighted by Crippen LogP contribution is -2.30. The molecular formula is C12H18N+. The first-order valence-electron chi connectivity index (χ1n) is 5.00. The van der Waals surface area contributed by atoms with Crippen LogP contribution in [0.3, 0.4) is 0 Å². The molecule has 0 fully saturated rings. The van der Waals surface area contributed by atoms with E-state index in [9.17, 15) is 0 Å². The summed E-state index contributed by atoms with van der Waals surface area (Å²) in [5.41, 5.74) is 1.35. The van der Waals surface area contributed by atoms with E-state index in [-0.39, 0.29) is 0 Å². The molecule has 0 aliphatic rings. The molecule has 13 heavy (non-hydrogen) atoms. The van der Waals surface area contributed by atoms with Crippen LogP contribution in [-0.2, 0) is 6.42 Å². The molecule has 1 aromatic rings. The Hall–Kier alpha value is -1.11. The predicted molar refractivity (Wildman–Crippen MR) is 56.3 cm³/mol. The number of rotatable bonds is 5. The predicted octanol–water partition coefficient (Wildman–Crippen LogP) is 2.81. The molecule has 0 saturated heterocycles. The van der Waals surface area contributed by atoms with Crippen LogP contribution < -0.4 is 4.57 Å². The second-order valence-electron chi connectivity index (χ2n) is 3.24. The molecule has 1 heterocycles. The molecule has 1 aromatic heterocycles. The molecule has 0 radical (unpaired) electrons. The minimum atomic E-state index is 1.15. The van der Waals surface area contributed by atoms with Crippen LogP contribution >= 0.6 is 0 Å². The second-order valence-corrected chi connectivity index (χ2v) is 3.24. The monoisotopic (exact) mass is 176 g/mol. The van der Waals surface area contributed by atoms with E-state index in [4.69, 9.17) is 0 Å². The first kappa shape index (κ1) is 9.97. The lowest BCUT2D eigenvalue weighted by atomic mass is 10.1. The maximum absolute atomic E-state index is 3.78. The third-order valence-corrected chi connectivity index (χ3v) is 2.21. The molecule has 0 N–H and O–H groups in total. The van der Waals surface area contributed by atoms with E-state index < -0.39 is 0 Å². The van der Waals surface area contributed by atoms with Crippen LogP contribution in [0.2, 0.25) is 0 Å². The molecule has 0 amide bonds. The van der Waals surface area contributed by atoms with Gasteiger partial charge in [-0.3, -0.25) is 0 Å². The van der Waals surface area contributed by atoms with E-state index in [2.05, 4.69) is 30.2 Å². The van der Waals surface area contributed by atoms with Crippen LogP contribution in [0.5, 0.6) is 0 Å². The zero-order valence-corrected chi connectivity index (χ0v) is 8.37. The van der Waals surface area contributed by atoms with Gasteiger partial charge in [0.15, 0.2) is 18.1 Å². The highest BCUT2D eigenvalue weighted by atomic mass is 14.9. The van der Waals surface area contributed by atoms with Crippen LogP contribution in [-0.4, -0.2) is 0 Å². The summed E-state index contributed by atoms with van der Waals surface area (Å²) in [6, 6.07) is 6.28. The van der Waals surface area contributed by atoms with Crippen molar-refractivity contribution >= 4 is 6.20 Å². The Morgan fingerprint density at radius 2 is 2.23 bits per heavy atom. The molecule has 70 valence electrons. The molecule has 0 bridgehead atoms. The molecule has 1 nitrogen and oxygen atoms in total. The zero-order chi connectivity index (χ0) is 9.52. The SMILES string of the molecule is C=C[n+]1ccccc1CCCCC. The minimum absolute atomic E-state index is 1.15. The molecule has 0 aromatic carbocycles. The van der Waals surface area contributed by atoms with Crippen molar-refractivity contribution in [1.29, 1.82) is 0 Å². The van der Waals surface area contributed by atoms with Gasteiger partial charge in [-0.1, -0.05) is 25.8 Å². The Balaban J connectivity index is 2.59. The Morgan fingerprint density at radius 1 is 1.38 bits per heavy atom. The van der Waals surface area contributed by atoms with Gasteiger partial charge in [0.25, 0.3) is 0 Å². The van der Waals surface area contributed by atoms with Gasteiger partial charge in [0.05, 0.1) is 0 Å². The van der Waals surface area contributed by atoms with Gasteiger partial charge < -0.3 is 0 Å². The van der Waals surface area contributed by atoms with Gasteiger partial charge in [-0.2, -0.15) is 4.57 Å². The van der Waals surface area contributed by atoms with Crippen LogP contribution in [0.4, 0.5) is 0 Å². The second kappa shape index (κ2) is 5.52. The molecule has 1 heteroatoms.